The molecule has 0 aromatic carbocycles. The molecule has 0 fully saturated rings. The fraction of sp³-hybridized carbons (Fsp3) is 0.769. The molecule has 1 N–H and O–H groups in total. The molecule has 1 aromatic heterocycles. The molecule has 2 atom stereocenters. The highest BCUT2D eigenvalue weighted by molar-refractivity contribution is 7.09. The van der Waals surface area contributed by atoms with Gasteiger partial charge in [-0.1, -0.05) is 13.8 Å². The first kappa shape index (κ1) is 14.6. The maximum absolute atomic E-state index is 4.52. The Balaban J connectivity index is 2.43. The molecule has 1 rings (SSSR count). The molecule has 1 heterocycles. The smallest absolute Gasteiger partial charge is 0.0897 e. The highest BCUT2D eigenvalue weighted by Gasteiger charge is 2.17. The minimum Gasteiger partial charge on any atom is -0.317 e. The number of aryl methyl sites for hydroxylation is 1. The molecule has 98 valence electrons. The molecule has 17 heavy (non-hydrogen) atoms. The SMILES string of the molecule is CCNCC(C)C(C)N(C)Cc1csc(C)n1. The van der Waals surface area contributed by atoms with Crippen LogP contribution in [0.1, 0.15) is 31.5 Å². The molecule has 2 unspecified atom stereocenters. The molecular weight excluding hydrogens is 230 g/mol. The highest BCUT2D eigenvalue weighted by Crippen LogP contribution is 2.14. The first-order valence-corrected chi connectivity index (χ1v) is 7.24. The van der Waals surface area contributed by atoms with Gasteiger partial charge in [0.25, 0.3) is 0 Å². The van der Waals surface area contributed by atoms with Crippen molar-refractivity contribution in [1.29, 1.82) is 0 Å². The molecule has 0 bridgehead atoms. The summed E-state index contributed by atoms with van der Waals surface area (Å²) in [7, 11) is 2.18. The van der Waals surface area contributed by atoms with Gasteiger partial charge in [-0.25, -0.2) is 4.98 Å². The van der Waals surface area contributed by atoms with Gasteiger partial charge < -0.3 is 5.32 Å². The van der Waals surface area contributed by atoms with Crippen LogP contribution in [0.25, 0.3) is 0 Å². The van der Waals surface area contributed by atoms with Crippen molar-refractivity contribution in [3.8, 4) is 0 Å². The van der Waals surface area contributed by atoms with Crippen molar-refractivity contribution >= 4 is 11.3 Å². The van der Waals surface area contributed by atoms with Crippen LogP contribution in [0.3, 0.4) is 0 Å². The summed E-state index contributed by atoms with van der Waals surface area (Å²) in [5.41, 5.74) is 1.19. The van der Waals surface area contributed by atoms with Gasteiger partial charge in [0, 0.05) is 18.0 Å². The molecular formula is C13H25N3S. The Bertz CT molecular complexity index is 324. The molecule has 0 saturated heterocycles. The lowest BCUT2D eigenvalue weighted by Crippen LogP contribution is -2.38. The van der Waals surface area contributed by atoms with E-state index < -0.39 is 0 Å². The molecule has 0 saturated carbocycles. The third-order valence-electron chi connectivity index (χ3n) is 3.31. The standard InChI is InChI=1S/C13H25N3S/c1-6-14-7-10(2)11(3)16(5)8-13-9-17-12(4)15-13/h9-11,14H,6-8H2,1-5H3. The van der Waals surface area contributed by atoms with Gasteiger partial charge in [0.1, 0.15) is 0 Å². The molecule has 0 aliphatic rings. The van der Waals surface area contributed by atoms with Crippen molar-refractivity contribution in [3.63, 3.8) is 0 Å². The van der Waals surface area contributed by atoms with E-state index in [1.165, 1.54) is 5.69 Å². The minimum absolute atomic E-state index is 0.566. The summed E-state index contributed by atoms with van der Waals surface area (Å²) < 4.78 is 0. The van der Waals surface area contributed by atoms with Crippen molar-refractivity contribution in [2.24, 2.45) is 5.92 Å². The van der Waals surface area contributed by atoms with Gasteiger partial charge in [0.2, 0.25) is 0 Å². The van der Waals surface area contributed by atoms with E-state index in [-0.39, 0.29) is 0 Å². The van der Waals surface area contributed by atoms with E-state index in [0.717, 1.165) is 24.6 Å². The summed E-state index contributed by atoms with van der Waals surface area (Å²) in [5.74, 6) is 0.652. The van der Waals surface area contributed by atoms with Gasteiger partial charge in [-0.3, -0.25) is 4.90 Å². The third kappa shape index (κ3) is 4.74. The van der Waals surface area contributed by atoms with E-state index in [9.17, 15) is 0 Å². The second-order valence-electron chi connectivity index (χ2n) is 4.80. The monoisotopic (exact) mass is 255 g/mol. The van der Waals surface area contributed by atoms with Crippen molar-refractivity contribution in [2.45, 2.75) is 40.3 Å². The number of hydrogen-bond acceptors (Lipinski definition) is 4. The van der Waals surface area contributed by atoms with E-state index in [4.69, 9.17) is 0 Å². The molecule has 0 amide bonds. The van der Waals surface area contributed by atoms with Gasteiger partial charge in [-0.2, -0.15) is 0 Å². The zero-order valence-corrected chi connectivity index (χ0v) is 12.5. The van der Waals surface area contributed by atoms with Crippen LogP contribution in [0.15, 0.2) is 5.38 Å². The van der Waals surface area contributed by atoms with Crippen molar-refractivity contribution < 1.29 is 0 Å². The molecule has 0 aliphatic carbocycles. The normalized spacial score (nSPS) is 15.2. The maximum Gasteiger partial charge on any atom is 0.0897 e. The number of nitrogens with zero attached hydrogens (tertiary/aromatic N) is 2. The second-order valence-corrected chi connectivity index (χ2v) is 5.86. The lowest BCUT2D eigenvalue weighted by Gasteiger charge is -2.29. The number of nitrogens with one attached hydrogen (secondary N) is 1. The van der Waals surface area contributed by atoms with Crippen LogP contribution in [-0.4, -0.2) is 36.1 Å². The first-order chi connectivity index (χ1) is 8.04. The molecule has 3 nitrogen and oxygen atoms in total. The molecule has 4 heteroatoms. The van der Waals surface area contributed by atoms with Crippen molar-refractivity contribution in [2.75, 3.05) is 20.1 Å². The van der Waals surface area contributed by atoms with Crippen LogP contribution in [0.4, 0.5) is 0 Å². The van der Waals surface area contributed by atoms with Crippen molar-refractivity contribution in [3.05, 3.63) is 16.1 Å². The van der Waals surface area contributed by atoms with E-state index >= 15 is 0 Å². The van der Waals surface area contributed by atoms with Gasteiger partial charge in [-0.15, -0.1) is 11.3 Å². The van der Waals surface area contributed by atoms with E-state index in [0.29, 0.717) is 12.0 Å². The average Bonchev–Trinajstić information content (AvgIpc) is 2.70. The Hall–Kier alpha value is -0.450. The summed E-state index contributed by atoms with van der Waals surface area (Å²) in [6.45, 7) is 11.9. The molecule has 0 spiro atoms. The number of aromatic nitrogens is 1. The van der Waals surface area contributed by atoms with Gasteiger partial charge in [0.15, 0.2) is 0 Å². The Kier molecular flexibility index (Phi) is 6.09. The van der Waals surface area contributed by atoms with Crippen LogP contribution < -0.4 is 5.32 Å². The largest absolute Gasteiger partial charge is 0.317 e. The fourth-order valence-corrected chi connectivity index (χ4v) is 2.46. The van der Waals surface area contributed by atoms with Crippen LogP contribution in [-0.2, 0) is 6.54 Å². The quantitative estimate of drug-likeness (QED) is 0.811. The zero-order valence-electron chi connectivity index (χ0n) is 11.7. The summed E-state index contributed by atoms with van der Waals surface area (Å²) >= 11 is 1.73. The Morgan fingerprint density at radius 2 is 2.18 bits per heavy atom. The predicted molar refractivity (Wildman–Crippen MR) is 75.5 cm³/mol. The lowest BCUT2D eigenvalue weighted by atomic mass is 10.0. The van der Waals surface area contributed by atoms with Crippen LogP contribution >= 0.6 is 11.3 Å². The molecule has 0 aliphatic heterocycles. The molecule has 0 radical (unpaired) electrons. The number of rotatable bonds is 7. The summed E-state index contributed by atoms with van der Waals surface area (Å²) in [4.78, 5) is 6.90. The molecule has 1 aromatic rings. The van der Waals surface area contributed by atoms with E-state index in [1.54, 1.807) is 11.3 Å². The van der Waals surface area contributed by atoms with Gasteiger partial charge in [-0.05, 0) is 39.9 Å². The van der Waals surface area contributed by atoms with E-state index in [2.05, 4.69) is 55.3 Å². The lowest BCUT2D eigenvalue weighted by molar-refractivity contribution is 0.187. The Morgan fingerprint density at radius 3 is 2.71 bits per heavy atom. The summed E-state index contributed by atoms with van der Waals surface area (Å²) in [6.07, 6.45) is 0. The summed E-state index contributed by atoms with van der Waals surface area (Å²) in [5, 5.41) is 6.73. The van der Waals surface area contributed by atoms with Gasteiger partial charge >= 0.3 is 0 Å². The summed E-state index contributed by atoms with van der Waals surface area (Å²) in [6, 6.07) is 0.566. The number of hydrogen-bond donors (Lipinski definition) is 1. The maximum atomic E-state index is 4.52. The van der Waals surface area contributed by atoms with Crippen molar-refractivity contribution in [1.82, 2.24) is 15.2 Å². The van der Waals surface area contributed by atoms with Crippen LogP contribution in [0, 0.1) is 12.8 Å². The fourth-order valence-electron chi connectivity index (χ4n) is 1.86. The second kappa shape index (κ2) is 7.09. The topological polar surface area (TPSA) is 28.2 Å². The van der Waals surface area contributed by atoms with Gasteiger partial charge in [0.05, 0.1) is 10.7 Å². The van der Waals surface area contributed by atoms with E-state index in [1.807, 2.05) is 0 Å². The van der Waals surface area contributed by atoms with Crippen LogP contribution in [0.2, 0.25) is 0 Å². The zero-order chi connectivity index (χ0) is 12.8. The first-order valence-electron chi connectivity index (χ1n) is 6.36. The Morgan fingerprint density at radius 1 is 1.47 bits per heavy atom. The Labute approximate surface area is 109 Å². The average molecular weight is 255 g/mol. The predicted octanol–water partition coefficient (Wildman–Crippen LogP) is 2.52. The highest BCUT2D eigenvalue weighted by atomic mass is 32.1. The number of thiazole rings is 1. The van der Waals surface area contributed by atoms with Crippen LogP contribution in [0.5, 0.6) is 0 Å². The minimum atomic E-state index is 0.566. The third-order valence-corrected chi connectivity index (χ3v) is 4.14.